The van der Waals surface area contributed by atoms with E-state index in [1.807, 2.05) is 43.4 Å². The van der Waals surface area contributed by atoms with Gasteiger partial charge in [-0.25, -0.2) is 9.97 Å². The first kappa shape index (κ1) is 16.8. The Morgan fingerprint density at radius 2 is 1.88 bits per heavy atom. The number of hydrogen-bond donors (Lipinski definition) is 1. The van der Waals surface area contributed by atoms with E-state index in [2.05, 4.69) is 20.2 Å². The number of para-hydroxylation sites is 1. The van der Waals surface area contributed by atoms with Crippen LogP contribution < -0.4 is 10.2 Å². The molecule has 1 N–H and O–H groups in total. The van der Waals surface area contributed by atoms with Crippen LogP contribution in [-0.4, -0.2) is 41.0 Å². The second kappa shape index (κ2) is 7.70. The lowest BCUT2D eigenvalue weighted by molar-refractivity contribution is -0.118. The molecule has 0 fully saturated rings. The fourth-order valence-corrected chi connectivity index (χ4v) is 2.67. The summed E-state index contributed by atoms with van der Waals surface area (Å²) in [5, 5.41) is 3.84. The molecular formula is C19H21N5O. The van der Waals surface area contributed by atoms with Gasteiger partial charge in [0.2, 0.25) is 5.91 Å². The lowest BCUT2D eigenvalue weighted by atomic mass is 10.2. The van der Waals surface area contributed by atoms with Crippen molar-refractivity contribution in [1.82, 2.24) is 20.3 Å². The van der Waals surface area contributed by atoms with Gasteiger partial charge in [-0.1, -0.05) is 12.1 Å². The molecule has 6 nitrogen and oxygen atoms in total. The third kappa shape index (κ3) is 4.09. The minimum absolute atomic E-state index is 0.00453. The predicted octanol–water partition coefficient (Wildman–Crippen LogP) is 2.65. The molecule has 25 heavy (non-hydrogen) atoms. The van der Waals surface area contributed by atoms with Crippen molar-refractivity contribution in [3.8, 4) is 11.4 Å². The highest BCUT2D eigenvalue weighted by Crippen LogP contribution is 2.26. The molecule has 0 saturated carbocycles. The van der Waals surface area contributed by atoms with Crippen molar-refractivity contribution in [2.75, 3.05) is 25.0 Å². The highest BCUT2D eigenvalue weighted by Gasteiger charge is 2.12. The van der Waals surface area contributed by atoms with E-state index < -0.39 is 0 Å². The van der Waals surface area contributed by atoms with E-state index in [0.717, 1.165) is 35.2 Å². The fraction of sp³-hybridized carbons (Fsp3) is 0.263. The number of fused-ring (bicyclic) bond motifs is 1. The lowest BCUT2D eigenvalue weighted by Gasteiger charge is -2.20. The van der Waals surface area contributed by atoms with E-state index in [9.17, 15) is 4.79 Å². The molecule has 0 unspecified atom stereocenters. The zero-order chi connectivity index (χ0) is 17.6. The number of hydrogen-bond acceptors (Lipinski definition) is 5. The van der Waals surface area contributed by atoms with E-state index in [0.29, 0.717) is 12.4 Å². The molecule has 0 saturated heterocycles. The Morgan fingerprint density at radius 3 is 2.64 bits per heavy atom. The Hall–Kier alpha value is -3.02. The highest BCUT2D eigenvalue weighted by molar-refractivity contribution is 5.90. The molecule has 2 aromatic heterocycles. The van der Waals surface area contributed by atoms with Crippen molar-refractivity contribution >= 4 is 22.6 Å². The van der Waals surface area contributed by atoms with Gasteiger partial charge in [-0.3, -0.25) is 9.78 Å². The summed E-state index contributed by atoms with van der Waals surface area (Å²) in [4.78, 5) is 26.6. The maximum atomic E-state index is 11.0. The van der Waals surface area contributed by atoms with E-state index in [-0.39, 0.29) is 5.91 Å². The number of nitrogens with zero attached hydrogens (tertiary/aromatic N) is 4. The smallest absolute Gasteiger partial charge is 0.216 e. The van der Waals surface area contributed by atoms with Crippen molar-refractivity contribution in [2.24, 2.45) is 0 Å². The van der Waals surface area contributed by atoms with Gasteiger partial charge in [-0.05, 0) is 30.7 Å². The SMILES string of the molecule is CC(=O)NCCCN(C)c1nc(-c2ccncc2)nc2ccccc12. The normalized spacial score (nSPS) is 10.6. The third-order valence-corrected chi connectivity index (χ3v) is 3.93. The lowest BCUT2D eigenvalue weighted by Crippen LogP contribution is -2.27. The van der Waals surface area contributed by atoms with Crippen LogP contribution in [0.15, 0.2) is 48.8 Å². The maximum absolute atomic E-state index is 11.0. The van der Waals surface area contributed by atoms with Crippen molar-refractivity contribution in [2.45, 2.75) is 13.3 Å². The van der Waals surface area contributed by atoms with Crippen LogP contribution in [0.1, 0.15) is 13.3 Å². The molecule has 1 amide bonds. The van der Waals surface area contributed by atoms with Crippen molar-refractivity contribution in [3.63, 3.8) is 0 Å². The van der Waals surface area contributed by atoms with Gasteiger partial charge in [-0.2, -0.15) is 0 Å². The van der Waals surface area contributed by atoms with Gasteiger partial charge in [-0.15, -0.1) is 0 Å². The molecule has 0 aliphatic heterocycles. The van der Waals surface area contributed by atoms with Crippen LogP contribution in [0.2, 0.25) is 0 Å². The second-order valence-electron chi connectivity index (χ2n) is 5.88. The van der Waals surface area contributed by atoms with E-state index >= 15 is 0 Å². The molecule has 0 bridgehead atoms. The second-order valence-corrected chi connectivity index (χ2v) is 5.88. The van der Waals surface area contributed by atoms with Gasteiger partial charge >= 0.3 is 0 Å². The predicted molar refractivity (Wildman–Crippen MR) is 99.3 cm³/mol. The molecule has 0 aliphatic carbocycles. The largest absolute Gasteiger partial charge is 0.359 e. The number of nitrogens with one attached hydrogen (secondary N) is 1. The fourth-order valence-electron chi connectivity index (χ4n) is 2.67. The zero-order valence-electron chi connectivity index (χ0n) is 14.4. The van der Waals surface area contributed by atoms with Crippen molar-refractivity contribution < 1.29 is 4.79 Å². The average Bonchev–Trinajstić information content (AvgIpc) is 2.64. The quantitative estimate of drug-likeness (QED) is 0.701. The minimum Gasteiger partial charge on any atom is -0.359 e. The van der Waals surface area contributed by atoms with Gasteiger partial charge in [0.1, 0.15) is 5.82 Å². The summed E-state index contributed by atoms with van der Waals surface area (Å²) in [7, 11) is 2.01. The van der Waals surface area contributed by atoms with Crippen molar-refractivity contribution in [3.05, 3.63) is 48.8 Å². The van der Waals surface area contributed by atoms with Gasteiger partial charge in [0.25, 0.3) is 0 Å². The molecule has 0 atom stereocenters. The Morgan fingerprint density at radius 1 is 1.12 bits per heavy atom. The summed E-state index contributed by atoms with van der Waals surface area (Å²) >= 11 is 0. The van der Waals surface area contributed by atoms with Crippen LogP contribution in [-0.2, 0) is 4.79 Å². The monoisotopic (exact) mass is 335 g/mol. The maximum Gasteiger partial charge on any atom is 0.216 e. The van der Waals surface area contributed by atoms with Crippen LogP contribution in [0, 0.1) is 0 Å². The summed E-state index contributed by atoms with van der Waals surface area (Å²) in [6, 6.07) is 11.8. The summed E-state index contributed by atoms with van der Waals surface area (Å²) in [5.74, 6) is 1.57. The first-order valence-electron chi connectivity index (χ1n) is 8.28. The van der Waals surface area contributed by atoms with Gasteiger partial charge in [0.15, 0.2) is 5.82 Å². The Kier molecular flexibility index (Phi) is 5.18. The Bertz CT molecular complexity index is 866. The molecule has 0 aliphatic rings. The van der Waals surface area contributed by atoms with E-state index in [4.69, 9.17) is 4.98 Å². The first-order valence-corrected chi connectivity index (χ1v) is 8.28. The first-order chi connectivity index (χ1) is 12.1. The van der Waals surface area contributed by atoms with E-state index in [1.54, 1.807) is 12.4 Å². The number of amides is 1. The zero-order valence-corrected chi connectivity index (χ0v) is 14.4. The molecule has 1 aromatic carbocycles. The van der Waals surface area contributed by atoms with Crippen LogP contribution in [0.3, 0.4) is 0 Å². The molecule has 6 heteroatoms. The number of carbonyl (C=O) groups is 1. The van der Waals surface area contributed by atoms with Crippen LogP contribution in [0.5, 0.6) is 0 Å². The van der Waals surface area contributed by atoms with Crippen molar-refractivity contribution in [1.29, 1.82) is 0 Å². The number of carbonyl (C=O) groups excluding carboxylic acids is 1. The summed E-state index contributed by atoms with van der Waals surface area (Å²) in [5.41, 5.74) is 1.85. The van der Waals surface area contributed by atoms with Crippen LogP contribution in [0.4, 0.5) is 5.82 Å². The number of rotatable bonds is 6. The average molecular weight is 335 g/mol. The molecule has 0 spiro atoms. The summed E-state index contributed by atoms with van der Waals surface area (Å²) in [6.07, 6.45) is 4.33. The third-order valence-electron chi connectivity index (χ3n) is 3.93. The Labute approximate surface area is 146 Å². The van der Waals surface area contributed by atoms with Crippen LogP contribution >= 0.6 is 0 Å². The topological polar surface area (TPSA) is 71.0 Å². The molecular weight excluding hydrogens is 314 g/mol. The molecule has 128 valence electrons. The van der Waals surface area contributed by atoms with Crippen LogP contribution in [0.25, 0.3) is 22.3 Å². The summed E-state index contributed by atoms with van der Waals surface area (Å²) in [6.45, 7) is 2.97. The number of anilines is 1. The molecule has 0 radical (unpaired) electrons. The van der Waals surface area contributed by atoms with Gasteiger partial charge in [0.05, 0.1) is 5.52 Å². The molecule has 3 aromatic rings. The minimum atomic E-state index is -0.00453. The Balaban J connectivity index is 1.91. The standard InChI is InChI=1S/C19H21N5O/c1-14(25)21-10-5-13-24(2)19-16-6-3-4-7-17(16)22-18(23-19)15-8-11-20-12-9-15/h3-4,6-9,11-12H,5,10,13H2,1-2H3,(H,21,25). The summed E-state index contributed by atoms with van der Waals surface area (Å²) < 4.78 is 0. The highest BCUT2D eigenvalue weighted by atomic mass is 16.1. The number of benzene rings is 1. The van der Waals surface area contributed by atoms with Gasteiger partial charge in [0, 0.05) is 50.4 Å². The number of pyridine rings is 1. The molecule has 2 heterocycles. The number of aromatic nitrogens is 3. The van der Waals surface area contributed by atoms with E-state index in [1.165, 1.54) is 6.92 Å². The molecule has 3 rings (SSSR count). The van der Waals surface area contributed by atoms with Gasteiger partial charge < -0.3 is 10.2 Å².